The van der Waals surface area contributed by atoms with Crippen molar-refractivity contribution in [2.24, 2.45) is 5.92 Å². The van der Waals surface area contributed by atoms with Crippen LogP contribution in [0.25, 0.3) is 0 Å². The van der Waals surface area contributed by atoms with Crippen LogP contribution in [0.4, 0.5) is 16.2 Å². The van der Waals surface area contributed by atoms with Gasteiger partial charge in [0.1, 0.15) is 0 Å². The molecule has 0 bridgehead atoms. The zero-order valence-corrected chi connectivity index (χ0v) is 18.3. The summed E-state index contributed by atoms with van der Waals surface area (Å²) in [7, 11) is -3.87. The highest BCUT2D eigenvalue weighted by atomic mass is 32.2. The third-order valence-electron chi connectivity index (χ3n) is 5.41. The maximum absolute atomic E-state index is 13.1. The number of urea groups is 1. The van der Waals surface area contributed by atoms with Gasteiger partial charge in [-0.3, -0.25) is 10.1 Å². The molecule has 2 aromatic carbocycles. The molecule has 10 heteroatoms. The van der Waals surface area contributed by atoms with E-state index in [0.29, 0.717) is 25.2 Å². The van der Waals surface area contributed by atoms with Crippen LogP contribution in [0.2, 0.25) is 0 Å². The molecule has 0 aliphatic carbocycles. The van der Waals surface area contributed by atoms with Crippen LogP contribution in [-0.4, -0.2) is 43.3 Å². The molecule has 2 N–H and O–H groups in total. The first-order chi connectivity index (χ1) is 14.7. The number of rotatable bonds is 6. The summed E-state index contributed by atoms with van der Waals surface area (Å²) in [5, 5.41) is 16.7. The Bertz CT molecular complexity index is 1070. The lowest BCUT2D eigenvalue weighted by Crippen LogP contribution is -2.44. The van der Waals surface area contributed by atoms with Gasteiger partial charge in [0.05, 0.1) is 9.82 Å². The molecule has 0 saturated carbocycles. The number of aryl methyl sites for hydroxylation is 1. The van der Waals surface area contributed by atoms with E-state index in [-0.39, 0.29) is 34.6 Å². The number of piperidine rings is 1. The van der Waals surface area contributed by atoms with Gasteiger partial charge in [0, 0.05) is 37.0 Å². The standard InChI is InChI=1S/C21H26N4O5S/c1-15-8-10-18(11-9-15)23-21(26)22-13-17-5-4-12-24(14-17)31(29,30)20-7-3-6-19(16(20)2)25(27)28/h3,6-11,17H,4-5,12-14H2,1-2H3,(H2,22,23,26). The van der Waals surface area contributed by atoms with E-state index in [4.69, 9.17) is 0 Å². The highest BCUT2D eigenvalue weighted by Crippen LogP contribution is 2.29. The van der Waals surface area contributed by atoms with Crippen molar-refractivity contribution in [2.75, 3.05) is 25.0 Å². The number of nitro benzene ring substituents is 1. The number of nitro groups is 1. The maximum Gasteiger partial charge on any atom is 0.319 e. The summed E-state index contributed by atoms with van der Waals surface area (Å²) in [5.74, 6) is -0.0497. The average Bonchev–Trinajstić information content (AvgIpc) is 2.74. The summed E-state index contributed by atoms with van der Waals surface area (Å²) < 4.78 is 27.6. The lowest BCUT2D eigenvalue weighted by atomic mass is 10.00. The Balaban J connectivity index is 1.63. The minimum absolute atomic E-state index is 0.0487. The first kappa shape index (κ1) is 22.7. The normalized spacial score (nSPS) is 17.2. The predicted octanol–water partition coefficient (Wildman–Crippen LogP) is 3.43. The Kier molecular flexibility index (Phi) is 6.91. The molecular formula is C21H26N4O5S. The quantitative estimate of drug-likeness (QED) is 0.520. The van der Waals surface area contributed by atoms with Gasteiger partial charge in [0.2, 0.25) is 10.0 Å². The molecule has 3 rings (SSSR count). The lowest BCUT2D eigenvalue weighted by Gasteiger charge is -2.32. The summed E-state index contributed by atoms with van der Waals surface area (Å²) in [5.41, 5.74) is 1.68. The first-order valence-electron chi connectivity index (χ1n) is 10.0. The second kappa shape index (κ2) is 9.44. The van der Waals surface area contributed by atoms with Gasteiger partial charge in [-0.25, -0.2) is 13.2 Å². The molecule has 1 saturated heterocycles. The van der Waals surface area contributed by atoms with Crippen molar-refractivity contribution in [3.05, 3.63) is 63.7 Å². The molecule has 1 fully saturated rings. The molecule has 9 nitrogen and oxygen atoms in total. The number of nitrogens with one attached hydrogen (secondary N) is 2. The van der Waals surface area contributed by atoms with Crippen LogP contribution in [0.1, 0.15) is 24.0 Å². The predicted molar refractivity (Wildman–Crippen MR) is 118 cm³/mol. The number of carbonyl (C=O) groups is 1. The molecule has 0 aromatic heterocycles. The molecule has 166 valence electrons. The summed E-state index contributed by atoms with van der Waals surface area (Å²) in [6.07, 6.45) is 1.43. The third-order valence-corrected chi connectivity index (χ3v) is 7.42. The van der Waals surface area contributed by atoms with Gasteiger partial charge < -0.3 is 10.6 Å². The monoisotopic (exact) mass is 446 g/mol. The van der Waals surface area contributed by atoms with Gasteiger partial charge in [-0.15, -0.1) is 0 Å². The summed E-state index contributed by atoms with van der Waals surface area (Å²) >= 11 is 0. The second-order valence-corrected chi connectivity index (χ2v) is 9.64. The van der Waals surface area contributed by atoms with Crippen molar-refractivity contribution >= 4 is 27.4 Å². The van der Waals surface area contributed by atoms with Gasteiger partial charge in [-0.2, -0.15) is 4.31 Å². The molecule has 1 unspecified atom stereocenters. The first-order valence-corrected chi connectivity index (χ1v) is 11.5. The zero-order valence-electron chi connectivity index (χ0n) is 17.5. The van der Waals surface area contributed by atoms with E-state index in [1.807, 2.05) is 31.2 Å². The molecule has 1 heterocycles. The fourth-order valence-electron chi connectivity index (χ4n) is 3.68. The number of hydrogen-bond acceptors (Lipinski definition) is 5. The van der Waals surface area contributed by atoms with Gasteiger partial charge in [0.25, 0.3) is 5.69 Å². The molecule has 1 atom stereocenters. The van der Waals surface area contributed by atoms with E-state index >= 15 is 0 Å². The van der Waals surface area contributed by atoms with Crippen LogP contribution in [0, 0.1) is 29.9 Å². The molecule has 1 aliphatic rings. The van der Waals surface area contributed by atoms with Crippen LogP contribution < -0.4 is 10.6 Å². The van der Waals surface area contributed by atoms with E-state index < -0.39 is 14.9 Å². The molecular weight excluding hydrogens is 420 g/mol. The van der Waals surface area contributed by atoms with Crippen molar-refractivity contribution in [2.45, 2.75) is 31.6 Å². The molecule has 2 aromatic rings. The van der Waals surface area contributed by atoms with Gasteiger partial charge in [-0.05, 0) is 50.8 Å². The second-order valence-electron chi connectivity index (χ2n) is 7.73. The molecule has 2 amide bonds. The molecule has 0 spiro atoms. The van der Waals surface area contributed by atoms with E-state index in [1.165, 1.54) is 29.4 Å². The Hall–Kier alpha value is -2.98. The number of anilines is 1. The minimum atomic E-state index is -3.87. The van der Waals surface area contributed by atoms with Crippen molar-refractivity contribution in [1.82, 2.24) is 9.62 Å². The van der Waals surface area contributed by atoms with Gasteiger partial charge in [0.15, 0.2) is 0 Å². The number of hydrogen-bond donors (Lipinski definition) is 2. The summed E-state index contributed by atoms with van der Waals surface area (Å²) in [6, 6.07) is 11.1. The number of nitrogens with zero attached hydrogens (tertiary/aromatic N) is 2. The average molecular weight is 447 g/mol. The summed E-state index contributed by atoms with van der Waals surface area (Å²) in [4.78, 5) is 22.7. The van der Waals surface area contributed by atoms with Crippen LogP contribution in [0.3, 0.4) is 0 Å². The maximum atomic E-state index is 13.1. The third kappa shape index (κ3) is 5.39. The fourth-order valence-corrected chi connectivity index (χ4v) is 5.48. The van der Waals surface area contributed by atoms with E-state index in [0.717, 1.165) is 12.0 Å². The van der Waals surface area contributed by atoms with E-state index in [9.17, 15) is 23.3 Å². The topological polar surface area (TPSA) is 122 Å². The van der Waals surface area contributed by atoms with Gasteiger partial charge >= 0.3 is 6.03 Å². The smallest absolute Gasteiger partial charge is 0.319 e. The summed E-state index contributed by atoms with van der Waals surface area (Å²) in [6.45, 7) is 4.33. The van der Waals surface area contributed by atoms with E-state index in [1.54, 1.807) is 0 Å². The van der Waals surface area contributed by atoms with Crippen LogP contribution in [0.5, 0.6) is 0 Å². The number of carbonyl (C=O) groups excluding carboxylic acids is 1. The number of sulfonamides is 1. The zero-order chi connectivity index (χ0) is 22.6. The highest BCUT2D eigenvalue weighted by molar-refractivity contribution is 7.89. The highest BCUT2D eigenvalue weighted by Gasteiger charge is 2.33. The van der Waals surface area contributed by atoms with E-state index in [2.05, 4.69) is 10.6 Å². The van der Waals surface area contributed by atoms with Crippen LogP contribution in [-0.2, 0) is 10.0 Å². The van der Waals surface area contributed by atoms with Crippen molar-refractivity contribution in [3.63, 3.8) is 0 Å². The number of benzene rings is 2. The SMILES string of the molecule is Cc1ccc(NC(=O)NCC2CCCN(S(=O)(=O)c3cccc([N+](=O)[O-])c3C)C2)cc1. The largest absolute Gasteiger partial charge is 0.338 e. The Morgan fingerprint density at radius 1 is 1.19 bits per heavy atom. The number of amides is 2. The van der Waals surface area contributed by atoms with Crippen LogP contribution in [0.15, 0.2) is 47.4 Å². The molecule has 31 heavy (non-hydrogen) atoms. The molecule has 1 aliphatic heterocycles. The fraction of sp³-hybridized carbons (Fsp3) is 0.381. The Labute approximate surface area is 181 Å². The van der Waals surface area contributed by atoms with Gasteiger partial charge in [-0.1, -0.05) is 23.8 Å². The lowest BCUT2D eigenvalue weighted by molar-refractivity contribution is -0.385. The van der Waals surface area contributed by atoms with Crippen molar-refractivity contribution in [3.8, 4) is 0 Å². The Morgan fingerprint density at radius 3 is 2.58 bits per heavy atom. The minimum Gasteiger partial charge on any atom is -0.338 e. The van der Waals surface area contributed by atoms with Crippen molar-refractivity contribution < 1.29 is 18.1 Å². The van der Waals surface area contributed by atoms with Crippen LogP contribution >= 0.6 is 0 Å². The Morgan fingerprint density at radius 2 is 1.90 bits per heavy atom. The van der Waals surface area contributed by atoms with Crippen molar-refractivity contribution in [1.29, 1.82) is 0 Å². The molecule has 0 radical (unpaired) electrons.